The minimum atomic E-state index is 0.758. The molecule has 0 aliphatic heterocycles. The second-order valence-electron chi connectivity index (χ2n) is 3.92. The van der Waals surface area contributed by atoms with Crippen LogP contribution in [0.3, 0.4) is 0 Å². The molecule has 0 N–H and O–H groups in total. The van der Waals surface area contributed by atoms with Gasteiger partial charge in [-0.3, -0.25) is 0 Å². The van der Waals surface area contributed by atoms with Gasteiger partial charge in [0.1, 0.15) is 0 Å². The minimum absolute atomic E-state index is 0.758. The fraction of sp³-hybridized carbons (Fsp3) is 0.500. The summed E-state index contributed by atoms with van der Waals surface area (Å²) in [4.78, 5) is 2.48. The molecule has 1 saturated carbocycles. The number of rotatable bonds is 4. The summed E-state index contributed by atoms with van der Waals surface area (Å²) in [5, 5.41) is 1.69. The first kappa shape index (κ1) is 11.3. The lowest BCUT2D eigenvalue weighted by molar-refractivity contribution is 0.822. The van der Waals surface area contributed by atoms with Crippen molar-refractivity contribution >= 4 is 33.2 Å². The van der Waals surface area contributed by atoms with Gasteiger partial charge in [0.15, 0.2) is 0 Å². The normalized spacial score (nSPS) is 15.4. The molecule has 15 heavy (non-hydrogen) atoms. The maximum atomic E-state index is 6.00. The molecule has 1 aliphatic carbocycles. The average Bonchev–Trinajstić information content (AvgIpc) is 3.05. The van der Waals surface area contributed by atoms with Crippen LogP contribution in [-0.2, 0) is 5.33 Å². The van der Waals surface area contributed by atoms with E-state index in [-0.39, 0.29) is 0 Å². The molecule has 0 amide bonds. The Morgan fingerprint density at radius 2 is 2.20 bits per heavy atom. The quantitative estimate of drug-likeness (QED) is 0.750. The molecule has 1 fully saturated rings. The van der Waals surface area contributed by atoms with Gasteiger partial charge in [-0.2, -0.15) is 0 Å². The van der Waals surface area contributed by atoms with Crippen LogP contribution in [0.2, 0.25) is 5.02 Å². The summed E-state index contributed by atoms with van der Waals surface area (Å²) in [5.74, 6) is 0. The molecule has 0 saturated heterocycles. The smallest absolute Gasteiger partial charge is 0.0410 e. The summed E-state index contributed by atoms with van der Waals surface area (Å²) in [6, 6.07) is 6.93. The molecular formula is C12H15BrClN. The third kappa shape index (κ3) is 2.48. The highest BCUT2D eigenvalue weighted by Gasteiger charge is 2.29. The van der Waals surface area contributed by atoms with Crippen LogP contribution in [0, 0.1) is 0 Å². The van der Waals surface area contributed by atoms with Crippen LogP contribution in [0.4, 0.5) is 5.69 Å². The molecule has 1 nitrogen and oxygen atoms in total. The van der Waals surface area contributed by atoms with Gasteiger partial charge in [0.25, 0.3) is 0 Å². The lowest BCUT2D eigenvalue weighted by Gasteiger charge is -2.25. The van der Waals surface area contributed by atoms with E-state index >= 15 is 0 Å². The van der Waals surface area contributed by atoms with Gasteiger partial charge in [-0.15, -0.1) is 0 Å². The van der Waals surface area contributed by atoms with Crippen molar-refractivity contribution in [2.45, 2.75) is 31.1 Å². The highest BCUT2D eigenvalue weighted by atomic mass is 79.9. The van der Waals surface area contributed by atoms with Crippen LogP contribution in [0.5, 0.6) is 0 Å². The average molecular weight is 289 g/mol. The third-order valence-electron chi connectivity index (χ3n) is 2.82. The van der Waals surface area contributed by atoms with Crippen molar-refractivity contribution in [2.24, 2.45) is 0 Å². The molecule has 1 aromatic carbocycles. The number of hydrogen-bond donors (Lipinski definition) is 0. The topological polar surface area (TPSA) is 3.24 Å². The van der Waals surface area contributed by atoms with Crippen LogP contribution in [-0.4, -0.2) is 12.6 Å². The molecule has 1 aromatic rings. The number of halogens is 2. The standard InChI is InChI=1S/C12H15BrClN/c1-2-15(11-4-5-11)12-6-3-10(14)7-9(12)8-13/h3,6-7,11H,2,4-5,8H2,1H3. The lowest BCUT2D eigenvalue weighted by atomic mass is 10.2. The molecule has 0 spiro atoms. The Morgan fingerprint density at radius 1 is 1.47 bits per heavy atom. The Bertz CT molecular complexity index is 349. The van der Waals surface area contributed by atoms with Gasteiger partial charge >= 0.3 is 0 Å². The largest absolute Gasteiger partial charge is 0.369 e. The zero-order valence-electron chi connectivity index (χ0n) is 8.84. The van der Waals surface area contributed by atoms with Gasteiger partial charge in [0, 0.05) is 28.6 Å². The highest BCUT2D eigenvalue weighted by molar-refractivity contribution is 9.08. The van der Waals surface area contributed by atoms with E-state index in [0.29, 0.717) is 0 Å². The Hall–Kier alpha value is -0.210. The minimum Gasteiger partial charge on any atom is -0.369 e. The van der Waals surface area contributed by atoms with E-state index in [1.807, 2.05) is 6.07 Å². The number of benzene rings is 1. The lowest BCUT2D eigenvalue weighted by Crippen LogP contribution is -2.25. The van der Waals surface area contributed by atoms with Gasteiger partial charge in [0.2, 0.25) is 0 Å². The van der Waals surface area contributed by atoms with E-state index in [2.05, 4.69) is 39.9 Å². The van der Waals surface area contributed by atoms with Crippen LogP contribution < -0.4 is 4.90 Å². The Morgan fingerprint density at radius 3 is 2.73 bits per heavy atom. The molecule has 1 aliphatic rings. The van der Waals surface area contributed by atoms with Crippen LogP contribution in [0.1, 0.15) is 25.3 Å². The molecule has 0 bridgehead atoms. The highest BCUT2D eigenvalue weighted by Crippen LogP contribution is 2.35. The molecule has 3 heteroatoms. The van der Waals surface area contributed by atoms with E-state index in [1.165, 1.54) is 24.1 Å². The van der Waals surface area contributed by atoms with Crippen molar-refractivity contribution in [3.05, 3.63) is 28.8 Å². The third-order valence-corrected chi connectivity index (χ3v) is 3.66. The molecule has 2 rings (SSSR count). The summed E-state index contributed by atoms with van der Waals surface area (Å²) in [7, 11) is 0. The first-order valence-electron chi connectivity index (χ1n) is 5.37. The molecule has 0 aromatic heterocycles. The summed E-state index contributed by atoms with van der Waals surface area (Å²) >= 11 is 9.52. The number of nitrogens with zero attached hydrogens (tertiary/aromatic N) is 1. The summed E-state index contributed by atoms with van der Waals surface area (Å²) in [5.41, 5.74) is 2.62. The van der Waals surface area contributed by atoms with Crippen LogP contribution in [0.15, 0.2) is 18.2 Å². The van der Waals surface area contributed by atoms with Crippen molar-refractivity contribution < 1.29 is 0 Å². The van der Waals surface area contributed by atoms with E-state index in [9.17, 15) is 0 Å². The summed E-state index contributed by atoms with van der Waals surface area (Å²) < 4.78 is 0. The van der Waals surface area contributed by atoms with Gasteiger partial charge in [-0.05, 0) is 43.5 Å². The number of anilines is 1. The van der Waals surface area contributed by atoms with Crippen molar-refractivity contribution in [3.8, 4) is 0 Å². The molecule has 0 radical (unpaired) electrons. The van der Waals surface area contributed by atoms with Gasteiger partial charge in [0.05, 0.1) is 0 Å². The maximum absolute atomic E-state index is 6.00. The maximum Gasteiger partial charge on any atom is 0.0410 e. The molecule has 0 heterocycles. The van der Waals surface area contributed by atoms with Gasteiger partial charge < -0.3 is 4.90 Å². The van der Waals surface area contributed by atoms with Crippen molar-refractivity contribution in [3.63, 3.8) is 0 Å². The Labute approximate surface area is 105 Å². The van der Waals surface area contributed by atoms with E-state index in [0.717, 1.165) is 22.9 Å². The number of hydrogen-bond acceptors (Lipinski definition) is 1. The fourth-order valence-corrected chi connectivity index (χ4v) is 2.60. The molecular weight excluding hydrogens is 273 g/mol. The van der Waals surface area contributed by atoms with Crippen LogP contribution >= 0.6 is 27.5 Å². The van der Waals surface area contributed by atoms with Crippen molar-refractivity contribution in [1.82, 2.24) is 0 Å². The van der Waals surface area contributed by atoms with Gasteiger partial charge in [-0.1, -0.05) is 27.5 Å². The molecule has 0 unspecified atom stereocenters. The zero-order chi connectivity index (χ0) is 10.8. The van der Waals surface area contributed by atoms with Crippen LogP contribution in [0.25, 0.3) is 0 Å². The van der Waals surface area contributed by atoms with E-state index < -0.39 is 0 Å². The Balaban J connectivity index is 2.32. The predicted octanol–water partition coefficient (Wildman–Crippen LogP) is 4.22. The fourth-order valence-electron chi connectivity index (χ4n) is 1.95. The predicted molar refractivity (Wildman–Crippen MR) is 70.1 cm³/mol. The van der Waals surface area contributed by atoms with Crippen molar-refractivity contribution in [2.75, 3.05) is 11.4 Å². The van der Waals surface area contributed by atoms with Gasteiger partial charge in [-0.25, -0.2) is 0 Å². The zero-order valence-corrected chi connectivity index (χ0v) is 11.2. The number of alkyl halides is 1. The first-order chi connectivity index (χ1) is 7.26. The summed E-state index contributed by atoms with van der Waals surface area (Å²) in [6.45, 7) is 3.29. The van der Waals surface area contributed by atoms with Crippen molar-refractivity contribution in [1.29, 1.82) is 0 Å². The SMILES string of the molecule is CCN(c1ccc(Cl)cc1CBr)C1CC1. The second kappa shape index (κ2) is 4.75. The summed E-state index contributed by atoms with van der Waals surface area (Å²) in [6.07, 6.45) is 2.66. The molecule has 82 valence electrons. The van der Waals surface area contributed by atoms with E-state index in [1.54, 1.807) is 0 Å². The first-order valence-corrected chi connectivity index (χ1v) is 6.87. The Kier molecular flexibility index (Phi) is 3.57. The monoisotopic (exact) mass is 287 g/mol. The van der Waals surface area contributed by atoms with E-state index in [4.69, 9.17) is 11.6 Å². The molecule has 0 atom stereocenters. The second-order valence-corrected chi connectivity index (χ2v) is 4.92.